The molecule has 0 unspecified atom stereocenters. The third-order valence-electron chi connectivity index (χ3n) is 1.88. The summed E-state index contributed by atoms with van der Waals surface area (Å²) in [4.78, 5) is 34.8. The number of ketones is 1. The van der Waals surface area contributed by atoms with E-state index in [2.05, 4.69) is 14.8 Å². The number of nitrogens with one attached hydrogen (secondary N) is 1. The lowest BCUT2D eigenvalue weighted by Crippen LogP contribution is -2.44. The molecule has 0 aromatic heterocycles. The number of amides is 1. The molecule has 0 bridgehead atoms. The number of hydrogen-bond donors (Lipinski definition) is 1. The Bertz CT molecular complexity index is 380. The Labute approximate surface area is 113 Å². The normalized spacial score (nSPS) is 11.3. The van der Waals surface area contributed by atoms with Gasteiger partial charge in [0.25, 0.3) is 5.91 Å². The van der Waals surface area contributed by atoms with Gasteiger partial charge < -0.3 is 15.6 Å². The van der Waals surface area contributed by atoms with Crippen LogP contribution >= 0.6 is 23.2 Å². The van der Waals surface area contributed by atoms with E-state index in [0.717, 1.165) is 7.11 Å². The number of Topliss-reactive ketones (excluding diaryl/α,β-unsaturated/α-hetero) is 1. The van der Waals surface area contributed by atoms with Gasteiger partial charge in [0.15, 0.2) is 4.84 Å². The predicted molar refractivity (Wildman–Crippen MR) is 63.4 cm³/mol. The second-order valence-electron chi connectivity index (χ2n) is 3.13. The number of carbonyl (C=O) groups excluding carboxylic acids is 3. The van der Waals surface area contributed by atoms with Gasteiger partial charge in [0.05, 0.1) is 7.11 Å². The van der Waals surface area contributed by atoms with Crippen LogP contribution in [0.5, 0.6) is 0 Å². The fraction of sp³-hybridized carbons (Fsp3) is 0.556. The fourth-order valence-electron chi connectivity index (χ4n) is 1.04. The van der Waals surface area contributed by atoms with Crippen LogP contribution in [0.2, 0.25) is 0 Å². The zero-order valence-corrected chi connectivity index (χ0v) is 10.9. The van der Waals surface area contributed by atoms with Crippen molar-refractivity contribution in [1.29, 1.82) is 0 Å². The van der Waals surface area contributed by atoms with E-state index in [1.54, 1.807) is 0 Å². The molecule has 0 rings (SSSR count). The molecule has 0 fully saturated rings. The quantitative estimate of drug-likeness (QED) is 0.236. The summed E-state index contributed by atoms with van der Waals surface area (Å²) >= 11 is 10.6. The van der Waals surface area contributed by atoms with E-state index in [-0.39, 0.29) is 12.8 Å². The Morgan fingerprint density at radius 2 is 2.06 bits per heavy atom. The zero-order chi connectivity index (χ0) is 14.1. The van der Waals surface area contributed by atoms with Crippen LogP contribution in [0.4, 0.5) is 0 Å². The van der Waals surface area contributed by atoms with Gasteiger partial charge in [-0.2, -0.15) is 4.79 Å². The Hall–Kier alpha value is -1.43. The van der Waals surface area contributed by atoms with Gasteiger partial charge in [0, 0.05) is 6.42 Å². The number of nitrogens with zero attached hydrogens (tertiary/aromatic N) is 2. The van der Waals surface area contributed by atoms with Gasteiger partial charge in [0.1, 0.15) is 6.04 Å². The van der Waals surface area contributed by atoms with Gasteiger partial charge in [-0.05, 0) is 6.42 Å². The van der Waals surface area contributed by atoms with Crippen molar-refractivity contribution in [3.63, 3.8) is 0 Å². The van der Waals surface area contributed by atoms with Crippen LogP contribution in [0, 0.1) is 0 Å². The van der Waals surface area contributed by atoms with Crippen molar-refractivity contribution >= 4 is 47.1 Å². The Morgan fingerprint density at radius 1 is 1.44 bits per heavy atom. The number of hydrogen-bond acceptors (Lipinski definition) is 4. The first-order valence-electron chi connectivity index (χ1n) is 4.79. The standard InChI is InChI=1S/C9H11Cl2N3O4/c1-18-9(17)6(14-8(16)7(10)11)3-2-5(15)4-13-12/h4,6-7H,2-3H2,1H3,(H,14,16)/t6-/m0/s1. The minimum Gasteiger partial charge on any atom is -0.467 e. The van der Waals surface area contributed by atoms with Crippen LogP contribution in [0.1, 0.15) is 12.8 Å². The molecule has 0 radical (unpaired) electrons. The molecular weight excluding hydrogens is 285 g/mol. The SMILES string of the molecule is COC(=O)[C@H](CCC(=O)C=[N+]=[N-])NC(=O)C(Cl)Cl. The number of rotatable bonds is 7. The van der Waals surface area contributed by atoms with Gasteiger partial charge in [-0.3, -0.25) is 9.59 Å². The Kier molecular flexibility index (Phi) is 7.94. The molecule has 0 aliphatic heterocycles. The van der Waals surface area contributed by atoms with Gasteiger partial charge in [-0.15, -0.1) is 0 Å². The molecule has 0 saturated heterocycles. The van der Waals surface area contributed by atoms with Crippen molar-refractivity contribution in [2.45, 2.75) is 23.7 Å². The summed E-state index contributed by atoms with van der Waals surface area (Å²) in [7, 11) is 1.14. The lowest BCUT2D eigenvalue weighted by molar-refractivity contribution is -0.145. The molecule has 1 amide bonds. The summed E-state index contributed by atoms with van der Waals surface area (Å²) in [5, 5.41) is 2.23. The Morgan fingerprint density at radius 3 is 2.50 bits per heavy atom. The smallest absolute Gasteiger partial charge is 0.328 e. The maximum Gasteiger partial charge on any atom is 0.328 e. The van der Waals surface area contributed by atoms with E-state index < -0.39 is 28.5 Å². The highest BCUT2D eigenvalue weighted by atomic mass is 35.5. The van der Waals surface area contributed by atoms with Crippen molar-refractivity contribution in [3.05, 3.63) is 5.53 Å². The summed E-state index contributed by atoms with van der Waals surface area (Å²) in [6, 6.07) is -1.04. The van der Waals surface area contributed by atoms with E-state index in [9.17, 15) is 14.4 Å². The summed E-state index contributed by atoms with van der Waals surface area (Å²) < 4.78 is 4.45. The summed E-state index contributed by atoms with van der Waals surface area (Å²) in [5.41, 5.74) is 8.13. The molecule has 7 nitrogen and oxygen atoms in total. The molecule has 0 aromatic rings. The Balaban J connectivity index is 4.50. The van der Waals surface area contributed by atoms with Gasteiger partial charge in [-0.25, -0.2) is 4.79 Å². The van der Waals surface area contributed by atoms with E-state index in [1.165, 1.54) is 0 Å². The highest BCUT2D eigenvalue weighted by molar-refractivity contribution is 6.53. The third-order valence-corrected chi connectivity index (χ3v) is 2.28. The van der Waals surface area contributed by atoms with Gasteiger partial charge in [-0.1, -0.05) is 23.2 Å². The molecule has 0 aliphatic rings. The minimum atomic E-state index is -1.33. The molecular formula is C9H11Cl2N3O4. The summed E-state index contributed by atoms with van der Waals surface area (Å²) in [6.07, 6.45) is 0.561. The van der Waals surface area contributed by atoms with Crippen LogP contribution < -0.4 is 5.32 Å². The summed E-state index contributed by atoms with van der Waals surface area (Å²) in [5.74, 6) is -2.00. The molecule has 100 valence electrons. The van der Waals surface area contributed by atoms with Gasteiger partial charge >= 0.3 is 12.2 Å². The zero-order valence-electron chi connectivity index (χ0n) is 9.43. The third kappa shape index (κ3) is 6.34. The van der Waals surface area contributed by atoms with Crippen LogP contribution in [-0.4, -0.2) is 46.7 Å². The van der Waals surface area contributed by atoms with E-state index in [0.29, 0.717) is 6.21 Å². The molecule has 0 aromatic carbocycles. The lowest BCUT2D eigenvalue weighted by Gasteiger charge is -2.15. The average molecular weight is 296 g/mol. The van der Waals surface area contributed by atoms with Crippen LogP contribution in [0.3, 0.4) is 0 Å². The minimum absolute atomic E-state index is 0.0240. The molecule has 1 N–H and O–H groups in total. The van der Waals surface area contributed by atoms with Crippen LogP contribution in [0.25, 0.3) is 5.53 Å². The fourth-order valence-corrected chi connectivity index (χ4v) is 1.17. The molecule has 0 saturated carbocycles. The largest absolute Gasteiger partial charge is 0.467 e. The number of halogens is 2. The van der Waals surface area contributed by atoms with Crippen molar-refractivity contribution in [3.8, 4) is 0 Å². The maximum absolute atomic E-state index is 11.3. The van der Waals surface area contributed by atoms with Crippen molar-refractivity contribution in [2.24, 2.45) is 0 Å². The highest BCUT2D eigenvalue weighted by Gasteiger charge is 2.24. The summed E-state index contributed by atoms with van der Waals surface area (Å²) in [6.45, 7) is 0. The van der Waals surface area contributed by atoms with Crippen LogP contribution in [0.15, 0.2) is 0 Å². The first-order chi connectivity index (χ1) is 8.42. The molecule has 1 atom stereocenters. The second kappa shape index (κ2) is 8.63. The predicted octanol–water partition coefficient (Wildman–Crippen LogP) is 0.0978. The number of ether oxygens (including phenoxy) is 1. The average Bonchev–Trinajstić information content (AvgIpc) is 2.33. The number of carbonyl (C=O) groups is 3. The molecule has 0 spiro atoms. The van der Waals surface area contributed by atoms with Crippen LogP contribution in [-0.2, 0) is 19.1 Å². The van der Waals surface area contributed by atoms with E-state index in [4.69, 9.17) is 28.7 Å². The topological polar surface area (TPSA) is 109 Å². The molecule has 18 heavy (non-hydrogen) atoms. The molecule has 0 aliphatic carbocycles. The number of esters is 1. The number of methoxy groups -OCH3 is 1. The second-order valence-corrected chi connectivity index (χ2v) is 4.23. The van der Waals surface area contributed by atoms with Crippen molar-refractivity contribution in [2.75, 3.05) is 7.11 Å². The molecule has 9 heteroatoms. The van der Waals surface area contributed by atoms with E-state index >= 15 is 0 Å². The first-order valence-corrected chi connectivity index (χ1v) is 5.66. The highest BCUT2D eigenvalue weighted by Crippen LogP contribution is 2.05. The van der Waals surface area contributed by atoms with Crippen molar-refractivity contribution < 1.29 is 23.9 Å². The first kappa shape index (κ1) is 16.6. The lowest BCUT2D eigenvalue weighted by atomic mass is 10.1. The maximum atomic E-state index is 11.3. The molecule has 0 heterocycles. The van der Waals surface area contributed by atoms with Gasteiger partial charge in [0.2, 0.25) is 5.78 Å². The number of alkyl halides is 2. The van der Waals surface area contributed by atoms with Crippen molar-refractivity contribution in [1.82, 2.24) is 5.32 Å². The van der Waals surface area contributed by atoms with E-state index in [1.807, 2.05) is 0 Å². The monoisotopic (exact) mass is 295 g/mol.